The molecule has 1 N–H and O–H groups in total. The molecule has 0 saturated carbocycles. The van der Waals surface area contributed by atoms with Gasteiger partial charge in [0.05, 0.1) is 11.6 Å². The molecule has 0 bridgehead atoms. The molecule has 0 aliphatic heterocycles. The molecule has 0 heterocycles. The second kappa shape index (κ2) is 12.4. The highest BCUT2D eigenvalue weighted by molar-refractivity contribution is 5.63. The molecular formula is C21H27NO. The van der Waals surface area contributed by atoms with Crippen molar-refractivity contribution in [3.05, 3.63) is 60.2 Å². The predicted octanol–water partition coefficient (Wildman–Crippen LogP) is 5.56. The van der Waals surface area contributed by atoms with Crippen molar-refractivity contribution in [1.82, 2.24) is 0 Å². The molecule has 0 amide bonds. The molecule has 23 heavy (non-hydrogen) atoms. The van der Waals surface area contributed by atoms with Gasteiger partial charge in [0, 0.05) is 6.61 Å². The number of nitriles is 1. The highest BCUT2D eigenvalue weighted by atomic mass is 16.2. The zero-order valence-electron chi connectivity index (χ0n) is 14.0. The molecule has 0 atom stereocenters. The Balaban J connectivity index is 0.000000257. The van der Waals surface area contributed by atoms with Gasteiger partial charge in [-0.1, -0.05) is 81.5 Å². The van der Waals surface area contributed by atoms with Crippen LogP contribution in [0.4, 0.5) is 0 Å². The Labute approximate surface area is 140 Å². The third-order valence-electron chi connectivity index (χ3n) is 3.63. The van der Waals surface area contributed by atoms with Crippen LogP contribution < -0.4 is 0 Å². The molecule has 2 aromatic rings. The fraction of sp³-hybridized carbons (Fsp3) is 0.381. The van der Waals surface area contributed by atoms with Crippen molar-refractivity contribution in [2.75, 3.05) is 6.61 Å². The van der Waals surface area contributed by atoms with Crippen LogP contribution in [0.5, 0.6) is 0 Å². The van der Waals surface area contributed by atoms with Crippen molar-refractivity contribution in [1.29, 1.82) is 5.26 Å². The summed E-state index contributed by atoms with van der Waals surface area (Å²) < 4.78 is 0. The van der Waals surface area contributed by atoms with Gasteiger partial charge in [0.1, 0.15) is 0 Å². The summed E-state index contributed by atoms with van der Waals surface area (Å²) in [6.45, 7) is 2.58. The minimum absolute atomic E-state index is 0.367. The molecule has 2 nitrogen and oxygen atoms in total. The second-order valence-corrected chi connectivity index (χ2v) is 5.55. The average molecular weight is 309 g/mol. The fourth-order valence-electron chi connectivity index (χ4n) is 2.26. The van der Waals surface area contributed by atoms with Crippen molar-refractivity contribution in [2.45, 2.75) is 45.4 Å². The van der Waals surface area contributed by atoms with E-state index in [1.165, 1.54) is 37.7 Å². The number of hydrogen-bond donors (Lipinski definition) is 1. The van der Waals surface area contributed by atoms with Crippen molar-refractivity contribution in [3.63, 3.8) is 0 Å². The first-order chi connectivity index (χ1) is 11.3. The molecule has 0 fully saturated rings. The van der Waals surface area contributed by atoms with E-state index in [1.54, 1.807) is 0 Å². The van der Waals surface area contributed by atoms with Gasteiger partial charge in [-0.05, 0) is 29.7 Å². The summed E-state index contributed by atoms with van der Waals surface area (Å²) in [7, 11) is 0. The minimum Gasteiger partial charge on any atom is -0.396 e. The highest BCUT2D eigenvalue weighted by Crippen LogP contribution is 2.18. The zero-order valence-corrected chi connectivity index (χ0v) is 14.0. The summed E-state index contributed by atoms with van der Waals surface area (Å²) in [5.41, 5.74) is 3.02. The van der Waals surface area contributed by atoms with E-state index >= 15 is 0 Å². The molecule has 0 aliphatic rings. The molecule has 2 rings (SSSR count). The SMILES string of the molecule is CCCCCCCCO.N#Cc1ccc(-c2ccccc2)cc1. The molecule has 0 aromatic heterocycles. The van der Waals surface area contributed by atoms with Crippen LogP contribution in [-0.4, -0.2) is 11.7 Å². The van der Waals surface area contributed by atoms with Gasteiger partial charge in [-0.2, -0.15) is 5.26 Å². The van der Waals surface area contributed by atoms with Gasteiger partial charge in [-0.25, -0.2) is 0 Å². The van der Waals surface area contributed by atoms with E-state index in [-0.39, 0.29) is 0 Å². The first kappa shape index (κ1) is 18.9. The predicted molar refractivity (Wildman–Crippen MR) is 97.1 cm³/mol. The number of nitrogens with zero attached hydrogens (tertiary/aromatic N) is 1. The third-order valence-corrected chi connectivity index (χ3v) is 3.63. The van der Waals surface area contributed by atoms with E-state index in [9.17, 15) is 0 Å². The monoisotopic (exact) mass is 309 g/mol. The van der Waals surface area contributed by atoms with Gasteiger partial charge in [0.25, 0.3) is 0 Å². The summed E-state index contributed by atoms with van der Waals surface area (Å²) >= 11 is 0. The van der Waals surface area contributed by atoms with Crippen molar-refractivity contribution >= 4 is 0 Å². The Morgan fingerprint density at radius 3 is 1.91 bits per heavy atom. The molecule has 0 unspecified atom stereocenters. The summed E-state index contributed by atoms with van der Waals surface area (Å²) in [6, 6.07) is 19.8. The quantitative estimate of drug-likeness (QED) is 0.680. The lowest BCUT2D eigenvalue weighted by Crippen LogP contribution is -1.82. The highest BCUT2D eigenvalue weighted by Gasteiger charge is 1.95. The van der Waals surface area contributed by atoms with Gasteiger partial charge >= 0.3 is 0 Å². The van der Waals surface area contributed by atoms with E-state index in [1.807, 2.05) is 42.5 Å². The van der Waals surface area contributed by atoms with Crippen LogP contribution in [0.3, 0.4) is 0 Å². The topological polar surface area (TPSA) is 44.0 Å². The largest absolute Gasteiger partial charge is 0.396 e. The number of aliphatic hydroxyl groups excluding tert-OH is 1. The van der Waals surface area contributed by atoms with Gasteiger partial charge in [0.2, 0.25) is 0 Å². The first-order valence-electron chi connectivity index (χ1n) is 8.48. The standard InChI is InChI=1S/C13H9N.C8H18O/c14-10-11-6-8-13(9-7-11)12-4-2-1-3-5-12;1-2-3-4-5-6-7-8-9/h1-9H;9H,2-8H2,1H3. The number of benzene rings is 2. The van der Waals surface area contributed by atoms with E-state index < -0.39 is 0 Å². The number of rotatable bonds is 7. The Kier molecular flexibility index (Phi) is 10.2. The Morgan fingerprint density at radius 1 is 0.783 bits per heavy atom. The number of unbranched alkanes of at least 4 members (excludes halogenated alkanes) is 5. The van der Waals surface area contributed by atoms with Gasteiger partial charge in [0.15, 0.2) is 0 Å². The van der Waals surface area contributed by atoms with Crippen LogP contribution in [0.1, 0.15) is 51.0 Å². The first-order valence-corrected chi connectivity index (χ1v) is 8.48. The van der Waals surface area contributed by atoms with Gasteiger partial charge in [-0.3, -0.25) is 0 Å². The van der Waals surface area contributed by atoms with E-state index in [0.29, 0.717) is 12.2 Å². The smallest absolute Gasteiger partial charge is 0.0991 e. The second-order valence-electron chi connectivity index (χ2n) is 5.55. The number of hydrogen-bond acceptors (Lipinski definition) is 2. The molecule has 0 saturated heterocycles. The maximum absolute atomic E-state index is 8.65. The Hall–Kier alpha value is -2.11. The van der Waals surface area contributed by atoms with Crippen LogP contribution in [0.15, 0.2) is 54.6 Å². The molecule has 122 valence electrons. The van der Waals surface area contributed by atoms with Gasteiger partial charge in [-0.15, -0.1) is 0 Å². The molecule has 0 aliphatic carbocycles. The number of aliphatic hydroxyl groups is 1. The van der Waals surface area contributed by atoms with Crippen LogP contribution in [0.25, 0.3) is 11.1 Å². The minimum atomic E-state index is 0.367. The van der Waals surface area contributed by atoms with Crippen molar-refractivity contribution < 1.29 is 5.11 Å². The van der Waals surface area contributed by atoms with Crippen LogP contribution in [0, 0.1) is 11.3 Å². The molecule has 0 radical (unpaired) electrons. The summed E-state index contributed by atoms with van der Waals surface area (Å²) in [4.78, 5) is 0. The van der Waals surface area contributed by atoms with Crippen LogP contribution in [0.2, 0.25) is 0 Å². The van der Waals surface area contributed by atoms with E-state index in [4.69, 9.17) is 10.4 Å². The Morgan fingerprint density at radius 2 is 1.35 bits per heavy atom. The summed E-state index contributed by atoms with van der Waals surface area (Å²) in [6.07, 6.45) is 7.50. The molecule has 0 spiro atoms. The lowest BCUT2D eigenvalue weighted by molar-refractivity contribution is 0.282. The third kappa shape index (κ3) is 8.18. The molecule has 2 heteroatoms. The van der Waals surface area contributed by atoms with E-state index in [0.717, 1.165) is 12.0 Å². The van der Waals surface area contributed by atoms with Crippen LogP contribution in [-0.2, 0) is 0 Å². The Bertz CT molecular complexity index is 549. The van der Waals surface area contributed by atoms with Crippen LogP contribution >= 0.6 is 0 Å². The lowest BCUT2D eigenvalue weighted by atomic mass is 10.0. The normalized spacial score (nSPS) is 9.61. The van der Waals surface area contributed by atoms with Gasteiger partial charge < -0.3 is 5.11 Å². The zero-order chi connectivity index (χ0) is 16.8. The van der Waals surface area contributed by atoms with Crippen molar-refractivity contribution in [2.24, 2.45) is 0 Å². The average Bonchev–Trinajstić information content (AvgIpc) is 2.63. The summed E-state index contributed by atoms with van der Waals surface area (Å²) in [5.74, 6) is 0. The van der Waals surface area contributed by atoms with E-state index in [2.05, 4.69) is 25.1 Å². The van der Waals surface area contributed by atoms with Crippen molar-refractivity contribution in [3.8, 4) is 17.2 Å². The molecular weight excluding hydrogens is 282 g/mol. The summed E-state index contributed by atoms with van der Waals surface area (Å²) in [5, 5.41) is 17.1. The fourth-order valence-corrected chi connectivity index (χ4v) is 2.26. The maximum Gasteiger partial charge on any atom is 0.0991 e. The maximum atomic E-state index is 8.65. The molecule has 2 aromatic carbocycles. The lowest BCUT2D eigenvalue weighted by Gasteiger charge is -1.99.